The lowest BCUT2D eigenvalue weighted by atomic mass is 9.84. The third-order valence-electron chi connectivity index (χ3n) is 13.1. The van der Waals surface area contributed by atoms with Crippen molar-refractivity contribution >= 4 is 40.5 Å². The average molecular weight is 929 g/mol. The maximum absolute atomic E-state index is 14.4. The highest BCUT2D eigenvalue weighted by Crippen LogP contribution is 2.42. The Kier molecular flexibility index (Phi) is 17.0. The Morgan fingerprint density at radius 2 is 1.82 bits per heavy atom. The summed E-state index contributed by atoms with van der Waals surface area (Å²) in [6.45, 7) is 17.3. The van der Waals surface area contributed by atoms with Gasteiger partial charge in [-0.05, 0) is 91.1 Å². The number of rotatable bonds is 19. The van der Waals surface area contributed by atoms with Crippen LogP contribution in [0.5, 0.6) is 0 Å². The largest absolute Gasteiger partial charge is 0.465 e. The van der Waals surface area contributed by atoms with Gasteiger partial charge in [0.25, 0.3) is 5.91 Å². The zero-order valence-electron chi connectivity index (χ0n) is 41.0. The molecule has 2 aliphatic rings. The number of carbonyl (C=O) groups is 5. The average Bonchev–Trinajstić information content (AvgIpc) is 3.94. The summed E-state index contributed by atoms with van der Waals surface area (Å²) >= 11 is 0. The van der Waals surface area contributed by atoms with Crippen molar-refractivity contribution in [2.75, 3.05) is 46.9 Å². The third kappa shape index (κ3) is 11.8. The van der Waals surface area contributed by atoms with E-state index in [1.165, 1.54) is 17.9 Å². The van der Waals surface area contributed by atoms with E-state index in [2.05, 4.69) is 60.0 Å². The molecule has 0 radical (unpaired) electrons. The number of benzene rings is 2. The summed E-state index contributed by atoms with van der Waals surface area (Å²) in [5.41, 5.74) is 9.91. The van der Waals surface area contributed by atoms with Gasteiger partial charge in [-0.25, -0.2) is 5.43 Å². The summed E-state index contributed by atoms with van der Waals surface area (Å²) in [6, 6.07) is 18.7. The minimum absolute atomic E-state index is 0.189. The second-order valence-corrected chi connectivity index (χ2v) is 19.2. The van der Waals surface area contributed by atoms with E-state index in [1.807, 2.05) is 57.2 Å². The number of carbonyl (C=O) groups excluding carboxylic acids is 5. The van der Waals surface area contributed by atoms with Crippen LogP contribution in [0.4, 0.5) is 0 Å². The molecule has 2 aromatic carbocycles. The van der Waals surface area contributed by atoms with Gasteiger partial charge < -0.3 is 29.2 Å². The minimum atomic E-state index is -0.950. The van der Waals surface area contributed by atoms with Gasteiger partial charge in [-0.2, -0.15) is 5.26 Å². The number of amides is 4. The van der Waals surface area contributed by atoms with Crippen LogP contribution in [0.25, 0.3) is 33.3 Å². The summed E-state index contributed by atoms with van der Waals surface area (Å²) in [5.74, 6) is -2.23. The Morgan fingerprint density at radius 3 is 2.50 bits per heavy atom. The number of ether oxygens (including phenoxy) is 2. The van der Waals surface area contributed by atoms with Crippen molar-refractivity contribution < 1.29 is 33.4 Å². The van der Waals surface area contributed by atoms with Crippen molar-refractivity contribution in [1.29, 1.82) is 5.26 Å². The van der Waals surface area contributed by atoms with E-state index < -0.39 is 29.3 Å². The molecule has 0 aliphatic carbocycles. The predicted molar refractivity (Wildman–Crippen MR) is 261 cm³/mol. The SMILES string of the molecule is C=CC(=O)N1CC[C@H](C(=O)N(C)[C@H](C(=O)N[C@@H](Cc2cccc(-c3ccc4c(c3)c(CC(C)(C)COC(C)=O)c(-c3cccnc3[C@H](C)OC)n4CCC#N)c2)C(=O)N2CCCCN2)C(C)C)C1. The second kappa shape index (κ2) is 22.6. The molecule has 68 heavy (non-hydrogen) atoms. The van der Waals surface area contributed by atoms with Crippen molar-refractivity contribution in [2.45, 2.75) is 105 Å². The Bertz CT molecular complexity index is 2540. The molecule has 2 saturated heterocycles. The first-order chi connectivity index (χ1) is 32.5. The molecule has 4 aromatic rings. The number of likely N-dealkylation sites (tertiary alicyclic amines) is 1. The van der Waals surface area contributed by atoms with Gasteiger partial charge in [0, 0.05) is 88.3 Å². The number of hydrogen-bond acceptors (Lipinski definition) is 10. The first-order valence-electron chi connectivity index (χ1n) is 23.7. The fourth-order valence-electron chi connectivity index (χ4n) is 9.64. The number of nitrogens with zero attached hydrogens (tertiary/aromatic N) is 6. The zero-order valence-corrected chi connectivity index (χ0v) is 41.0. The highest BCUT2D eigenvalue weighted by molar-refractivity contribution is 5.96. The summed E-state index contributed by atoms with van der Waals surface area (Å²) < 4.78 is 13.6. The number of likely N-dealkylation sites (N-methyl/N-ethyl adjacent to an activating group) is 1. The van der Waals surface area contributed by atoms with Crippen LogP contribution >= 0.6 is 0 Å². The predicted octanol–water partition coefficient (Wildman–Crippen LogP) is 6.79. The first kappa shape index (κ1) is 51.0. The van der Waals surface area contributed by atoms with E-state index in [-0.39, 0.29) is 61.7 Å². The zero-order chi connectivity index (χ0) is 49.3. The van der Waals surface area contributed by atoms with Gasteiger partial charge in [-0.15, -0.1) is 0 Å². The maximum atomic E-state index is 14.4. The fraction of sp³-hybridized carbons (Fsp3) is 0.491. The number of nitrogens with one attached hydrogen (secondary N) is 2. The monoisotopic (exact) mass is 929 g/mol. The number of aromatic nitrogens is 2. The Morgan fingerprint density at radius 1 is 1.06 bits per heavy atom. The molecule has 15 heteroatoms. The highest BCUT2D eigenvalue weighted by atomic mass is 16.5. The fourth-order valence-corrected chi connectivity index (χ4v) is 9.64. The van der Waals surface area contributed by atoms with Gasteiger partial charge in [0.2, 0.25) is 17.7 Å². The number of esters is 1. The number of fused-ring (bicyclic) bond motifs is 1. The molecule has 0 spiro atoms. The van der Waals surface area contributed by atoms with Crippen LogP contribution in [0.15, 0.2) is 73.4 Å². The smallest absolute Gasteiger partial charge is 0.302 e. The summed E-state index contributed by atoms with van der Waals surface area (Å²) in [7, 11) is 3.27. The minimum Gasteiger partial charge on any atom is -0.465 e. The van der Waals surface area contributed by atoms with Crippen LogP contribution in [0.3, 0.4) is 0 Å². The van der Waals surface area contributed by atoms with Crippen LogP contribution in [-0.4, -0.2) is 113 Å². The highest BCUT2D eigenvalue weighted by Gasteiger charge is 2.39. The Hall–Kier alpha value is -6.37. The van der Waals surface area contributed by atoms with E-state index >= 15 is 0 Å². The molecular formula is C53H68N8O7. The normalized spacial score (nSPS) is 16.5. The molecule has 15 nitrogen and oxygen atoms in total. The molecular weight excluding hydrogens is 861 g/mol. The van der Waals surface area contributed by atoms with E-state index in [0.29, 0.717) is 39.0 Å². The van der Waals surface area contributed by atoms with E-state index in [4.69, 9.17) is 14.5 Å². The molecule has 4 heterocycles. The van der Waals surface area contributed by atoms with Crippen molar-refractivity contribution in [1.82, 2.24) is 35.1 Å². The number of aryl methyl sites for hydroxylation is 1. The van der Waals surface area contributed by atoms with Gasteiger partial charge in [-0.1, -0.05) is 64.6 Å². The van der Waals surface area contributed by atoms with Crippen molar-refractivity contribution in [3.8, 4) is 28.5 Å². The molecule has 2 aromatic heterocycles. The molecule has 2 fully saturated rings. The van der Waals surface area contributed by atoms with E-state index in [0.717, 1.165) is 62.9 Å². The Balaban J connectivity index is 1.38. The van der Waals surface area contributed by atoms with Crippen molar-refractivity contribution in [2.24, 2.45) is 17.3 Å². The lowest BCUT2D eigenvalue weighted by Crippen LogP contribution is -2.59. The first-order valence-corrected chi connectivity index (χ1v) is 23.7. The van der Waals surface area contributed by atoms with E-state index in [9.17, 15) is 29.2 Å². The van der Waals surface area contributed by atoms with Crippen LogP contribution in [0, 0.1) is 28.6 Å². The van der Waals surface area contributed by atoms with Gasteiger partial charge in [0.15, 0.2) is 0 Å². The van der Waals surface area contributed by atoms with Crippen LogP contribution in [0.2, 0.25) is 0 Å². The summed E-state index contributed by atoms with van der Waals surface area (Å²) in [4.78, 5) is 74.8. The molecule has 0 bridgehead atoms. The lowest BCUT2D eigenvalue weighted by molar-refractivity contribution is -0.146. The quantitative estimate of drug-likeness (QED) is 0.0751. The molecule has 2 N–H and O–H groups in total. The second-order valence-electron chi connectivity index (χ2n) is 19.2. The molecule has 0 unspecified atom stereocenters. The standard InChI is InChI=1S/C53H68N8O7/c1-10-46(63)59-27-21-40(32-59)51(65)58(8)48(34(2)3)50(64)57-44(52(66)61-26-12-11-24-56-61)29-37-16-13-17-38(28-37)39-19-20-45-42(30-39)43(31-53(6,7)33-68-36(5)62)49(60(45)25-15-22-54)41-18-14-23-55-47(41)35(4)67-9/h10,13-14,16-20,23,28,30,34-35,40,44,48,56H,1,11-12,15,21,24-27,29,31-33H2,2-9H3,(H,57,64)/t35-,40-,44-,48-/m0/s1. The summed E-state index contributed by atoms with van der Waals surface area (Å²) in [5, 5.41) is 15.5. The van der Waals surface area contributed by atoms with Crippen molar-refractivity contribution in [3.05, 3.63) is 90.3 Å². The third-order valence-corrected chi connectivity index (χ3v) is 13.1. The lowest BCUT2D eigenvalue weighted by Gasteiger charge is -2.35. The van der Waals surface area contributed by atoms with Gasteiger partial charge in [-0.3, -0.25) is 34.0 Å². The number of pyridine rings is 1. The molecule has 6 rings (SSSR count). The van der Waals surface area contributed by atoms with Crippen LogP contribution < -0.4 is 10.7 Å². The van der Waals surface area contributed by atoms with Crippen LogP contribution in [0.1, 0.15) is 90.2 Å². The Labute approximate surface area is 400 Å². The molecule has 2 aliphatic heterocycles. The molecule has 4 atom stereocenters. The number of hydrogen-bond donors (Lipinski definition) is 2. The summed E-state index contributed by atoms with van der Waals surface area (Å²) in [6.07, 6.45) is 5.91. The van der Waals surface area contributed by atoms with E-state index in [1.54, 1.807) is 30.3 Å². The number of hydrazine groups is 1. The number of methoxy groups -OCH3 is 1. The van der Waals surface area contributed by atoms with Crippen LogP contribution in [-0.2, 0) is 52.8 Å². The molecule has 0 saturated carbocycles. The molecule has 4 amide bonds. The molecule has 362 valence electrons. The maximum Gasteiger partial charge on any atom is 0.302 e. The topological polar surface area (TPSA) is 179 Å². The van der Waals surface area contributed by atoms with Gasteiger partial charge in [0.1, 0.15) is 12.1 Å². The van der Waals surface area contributed by atoms with Gasteiger partial charge >= 0.3 is 5.97 Å². The van der Waals surface area contributed by atoms with Gasteiger partial charge in [0.05, 0.1) is 42.5 Å². The van der Waals surface area contributed by atoms with Crippen molar-refractivity contribution in [3.63, 3.8) is 0 Å². The number of nitriles is 1.